The van der Waals surface area contributed by atoms with E-state index >= 15 is 0 Å². The highest BCUT2D eigenvalue weighted by Gasteiger charge is 2.30. The van der Waals surface area contributed by atoms with Crippen LogP contribution in [0.15, 0.2) is 78.5 Å². The van der Waals surface area contributed by atoms with Crippen molar-refractivity contribution in [3.8, 4) is 17.2 Å². The highest BCUT2D eigenvalue weighted by atomic mass is 35.5. The number of rotatable bonds is 9. The number of nitrogens with one attached hydrogen (secondary N) is 2. The van der Waals surface area contributed by atoms with Crippen molar-refractivity contribution in [3.05, 3.63) is 94.6 Å². The zero-order chi connectivity index (χ0) is 26.1. The molecule has 36 heavy (non-hydrogen) atoms. The van der Waals surface area contributed by atoms with Gasteiger partial charge in [0, 0.05) is 17.1 Å². The van der Waals surface area contributed by atoms with Crippen LogP contribution in [0.4, 0.5) is 13.2 Å². The first-order chi connectivity index (χ1) is 17.1. The summed E-state index contributed by atoms with van der Waals surface area (Å²) in [5, 5.41) is 14.4. The molecule has 0 heterocycles. The summed E-state index contributed by atoms with van der Waals surface area (Å²) in [7, 11) is 0. The van der Waals surface area contributed by atoms with Crippen LogP contribution in [0.2, 0.25) is 5.02 Å². The molecule has 3 aromatic rings. The van der Waals surface area contributed by atoms with Gasteiger partial charge in [0.25, 0.3) is 11.8 Å². The maximum atomic E-state index is 12.8. The highest BCUT2D eigenvalue weighted by molar-refractivity contribution is 6.30. The van der Waals surface area contributed by atoms with Gasteiger partial charge in [0.15, 0.2) is 0 Å². The number of carbonyl (C=O) groups is 2. The Morgan fingerprint density at radius 3 is 2.00 bits per heavy atom. The number of alkyl halides is 3. The summed E-state index contributed by atoms with van der Waals surface area (Å²) in [4.78, 5) is 25.3. The molecule has 0 saturated heterocycles. The normalized spacial score (nSPS) is 11.5. The number of aliphatic hydroxyl groups is 1. The van der Waals surface area contributed by atoms with E-state index in [1.165, 1.54) is 30.3 Å². The minimum atomic E-state index is -4.84. The second kappa shape index (κ2) is 12.1. The third-order valence-electron chi connectivity index (χ3n) is 4.48. The predicted octanol–water partition coefficient (Wildman–Crippen LogP) is 4.91. The fraction of sp³-hybridized carbons (Fsp3) is 0.120. The van der Waals surface area contributed by atoms with Gasteiger partial charge < -0.3 is 25.2 Å². The van der Waals surface area contributed by atoms with E-state index in [-0.39, 0.29) is 24.4 Å². The maximum absolute atomic E-state index is 12.8. The molecule has 0 spiro atoms. The first kappa shape index (κ1) is 26.6. The minimum Gasteiger partial charge on any atom is -0.457 e. The number of hydrogen-bond acceptors (Lipinski definition) is 5. The Hall–Kier alpha value is -4.02. The lowest BCUT2D eigenvalue weighted by atomic mass is 10.1. The van der Waals surface area contributed by atoms with Gasteiger partial charge in [-0.3, -0.25) is 9.59 Å². The third-order valence-corrected chi connectivity index (χ3v) is 4.73. The van der Waals surface area contributed by atoms with E-state index < -0.39 is 23.9 Å². The molecule has 0 bridgehead atoms. The van der Waals surface area contributed by atoms with Crippen LogP contribution in [0, 0.1) is 0 Å². The SMILES string of the molecule is O=C(NCCO)/C(=C\c1ccc(OC(F)(F)F)cc1)NC(=O)c1ccc(Oc2ccc(Cl)cc2)cc1. The largest absolute Gasteiger partial charge is 0.573 e. The summed E-state index contributed by atoms with van der Waals surface area (Å²) in [5.41, 5.74) is 0.360. The van der Waals surface area contributed by atoms with Gasteiger partial charge in [0.2, 0.25) is 0 Å². The number of aliphatic hydroxyl groups excluding tert-OH is 1. The van der Waals surface area contributed by atoms with Gasteiger partial charge in [-0.25, -0.2) is 0 Å². The van der Waals surface area contributed by atoms with E-state index in [1.54, 1.807) is 36.4 Å². The molecule has 0 aromatic heterocycles. The topological polar surface area (TPSA) is 96.9 Å². The summed E-state index contributed by atoms with van der Waals surface area (Å²) in [6.07, 6.45) is -3.56. The van der Waals surface area contributed by atoms with Crippen LogP contribution in [-0.4, -0.2) is 36.4 Å². The smallest absolute Gasteiger partial charge is 0.457 e. The molecule has 188 valence electrons. The first-order valence-electron chi connectivity index (χ1n) is 10.4. The van der Waals surface area contributed by atoms with E-state index in [0.717, 1.165) is 12.1 Å². The van der Waals surface area contributed by atoms with Crippen molar-refractivity contribution in [2.75, 3.05) is 13.2 Å². The van der Waals surface area contributed by atoms with E-state index in [0.29, 0.717) is 22.1 Å². The molecule has 11 heteroatoms. The van der Waals surface area contributed by atoms with E-state index in [1.807, 2.05) is 0 Å². The molecule has 3 rings (SSSR count). The summed E-state index contributed by atoms with van der Waals surface area (Å²) in [6.45, 7) is -0.396. The van der Waals surface area contributed by atoms with E-state index in [9.17, 15) is 22.8 Å². The van der Waals surface area contributed by atoms with Crippen molar-refractivity contribution in [2.24, 2.45) is 0 Å². The monoisotopic (exact) mass is 520 g/mol. The average Bonchev–Trinajstić information content (AvgIpc) is 2.84. The van der Waals surface area contributed by atoms with Crippen molar-refractivity contribution in [1.29, 1.82) is 0 Å². The molecule has 3 N–H and O–H groups in total. The van der Waals surface area contributed by atoms with E-state index in [2.05, 4.69) is 15.4 Å². The molecular weight excluding hydrogens is 501 g/mol. The molecule has 0 aliphatic rings. The van der Waals surface area contributed by atoms with Crippen LogP contribution in [0.25, 0.3) is 6.08 Å². The molecule has 3 aromatic carbocycles. The number of halogens is 4. The highest BCUT2D eigenvalue weighted by Crippen LogP contribution is 2.24. The summed E-state index contributed by atoms with van der Waals surface area (Å²) < 4.78 is 46.6. The molecule has 0 unspecified atom stereocenters. The average molecular weight is 521 g/mol. The lowest BCUT2D eigenvalue weighted by Crippen LogP contribution is -2.36. The molecular formula is C25H20ClF3N2O5. The van der Waals surface area contributed by atoms with Gasteiger partial charge in [0.1, 0.15) is 22.9 Å². The second-order valence-electron chi connectivity index (χ2n) is 7.19. The number of hydrogen-bond donors (Lipinski definition) is 3. The fourth-order valence-electron chi connectivity index (χ4n) is 2.86. The lowest BCUT2D eigenvalue weighted by Gasteiger charge is -2.12. The van der Waals surface area contributed by atoms with Gasteiger partial charge in [-0.15, -0.1) is 13.2 Å². The van der Waals surface area contributed by atoms with Crippen molar-refractivity contribution in [3.63, 3.8) is 0 Å². The van der Waals surface area contributed by atoms with Crippen LogP contribution >= 0.6 is 11.6 Å². The Morgan fingerprint density at radius 1 is 0.889 bits per heavy atom. The minimum absolute atomic E-state index is 0.0683. The number of benzene rings is 3. The zero-order valence-corrected chi connectivity index (χ0v) is 19.3. The summed E-state index contributed by atoms with van der Waals surface area (Å²) >= 11 is 5.85. The molecule has 0 atom stereocenters. The van der Waals surface area contributed by atoms with Gasteiger partial charge >= 0.3 is 6.36 Å². The third kappa shape index (κ3) is 8.33. The Bertz CT molecular complexity index is 1210. The van der Waals surface area contributed by atoms with Crippen molar-refractivity contribution in [1.82, 2.24) is 10.6 Å². The van der Waals surface area contributed by atoms with Gasteiger partial charge in [-0.05, 0) is 72.3 Å². The number of amides is 2. The summed E-state index contributed by atoms with van der Waals surface area (Å²) in [5.74, 6) is -0.734. The Morgan fingerprint density at radius 2 is 1.44 bits per heavy atom. The Labute approximate surface area is 209 Å². The molecule has 0 radical (unpaired) electrons. The molecule has 7 nitrogen and oxygen atoms in total. The second-order valence-corrected chi connectivity index (χ2v) is 7.63. The maximum Gasteiger partial charge on any atom is 0.573 e. The van der Waals surface area contributed by atoms with Crippen LogP contribution in [-0.2, 0) is 4.79 Å². The molecule has 0 aliphatic carbocycles. The van der Waals surface area contributed by atoms with E-state index in [4.69, 9.17) is 21.4 Å². The molecule has 0 saturated carbocycles. The lowest BCUT2D eigenvalue weighted by molar-refractivity contribution is -0.274. The fourth-order valence-corrected chi connectivity index (χ4v) is 2.99. The zero-order valence-electron chi connectivity index (χ0n) is 18.5. The van der Waals surface area contributed by atoms with Crippen LogP contribution in [0.3, 0.4) is 0 Å². The first-order valence-corrected chi connectivity index (χ1v) is 10.8. The standard InChI is InChI=1S/C25H20ClF3N2O5/c26-18-5-11-20(12-6-18)35-19-9-3-17(4-10-19)23(33)31-22(24(34)30-13-14-32)15-16-1-7-21(8-2-16)36-25(27,28)29/h1-12,15,32H,13-14H2,(H,30,34)(H,31,33)/b22-15+. The number of carbonyl (C=O) groups excluding carboxylic acids is 2. The van der Waals surface area contributed by atoms with Gasteiger partial charge in [-0.1, -0.05) is 23.7 Å². The van der Waals surface area contributed by atoms with Crippen LogP contribution in [0.1, 0.15) is 15.9 Å². The number of ether oxygens (including phenoxy) is 2. The van der Waals surface area contributed by atoms with Crippen LogP contribution in [0.5, 0.6) is 17.2 Å². The predicted molar refractivity (Wildman–Crippen MR) is 127 cm³/mol. The quantitative estimate of drug-likeness (QED) is 0.348. The van der Waals surface area contributed by atoms with Crippen molar-refractivity contribution in [2.45, 2.75) is 6.36 Å². The Balaban J connectivity index is 1.74. The van der Waals surface area contributed by atoms with Crippen LogP contribution < -0.4 is 20.1 Å². The Kier molecular flexibility index (Phi) is 8.93. The molecule has 0 aliphatic heterocycles. The van der Waals surface area contributed by atoms with Crippen molar-refractivity contribution < 1.29 is 37.3 Å². The molecule has 0 fully saturated rings. The van der Waals surface area contributed by atoms with Crippen molar-refractivity contribution >= 4 is 29.5 Å². The van der Waals surface area contributed by atoms with Gasteiger partial charge in [0.05, 0.1) is 6.61 Å². The summed E-state index contributed by atoms with van der Waals surface area (Å²) in [6, 6.07) is 17.6. The van der Waals surface area contributed by atoms with Gasteiger partial charge in [-0.2, -0.15) is 0 Å². The molecule has 2 amide bonds.